The summed E-state index contributed by atoms with van der Waals surface area (Å²) in [6.45, 7) is 5.29. The van der Waals surface area contributed by atoms with Crippen LogP contribution in [0.4, 0.5) is 0 Å². The lowest BCUT2D eigenvalue weighted by atomic mass is 10.2. The Morgan fingerprint density at radius 1 is 1.11 bits per heavy atom. The third-order valence-corrected chi connectivity index (χ3v) is 2.19. The van der Waals surface area contributed by atoms with E-state index in [4.69, 9.17) is 14.6 Å². The van der Waals surface area contributed by atoms with Crippen molar-refractivity contribution in [3.63, 3.8) is 0 Å². The molecule has 0 aliphatic rings. The fourth-order valence-corrected chi connectivity index (χ4v) is 1.39. The molecule has 1 rings (SSSR count). The van der Waals surface area contributed by atoms with Crippen molar-refractivity contribution in [1.82, 2.24) is 0 Å². The van der Waals surface area contributed by atoms with Gasteiger partial charge in [0, 0.05) is 0 Å². The fraction of sp³-hybridized carbons (Fsp3) is 0.467. The van der Waals surface area contributed by atoms with Crippen LogP contribution in [0.3, 0.4) is 0 Å². The van der Waals surface area contributed by atoms with Gasteiger partial charge in [0.2, 0.25) is 0 Å². The van der Waals surface area contributed by atoms with E-state index in [-0.39, 0.29) is 6.61 Å². The quantitative estimate of drug-likeness (QED) is 0.786. The first-order valence-electron chi connectivity index (χ1n) is 6.31. The molecule has 0 fully saturated rings. The molecule has 0 heterocycles. The van der Waals surface area contributed by atoms with E-state index in [1.54, 1.807) is 0 Å². The predicted octanol–water partition coefficient (Wildman–Crippen LogP) is 2.61. The van der Waals surface area contributed by atoms with Crippen LogP contribution in [-0.2, 0) is 0 Å². The van der Waals surface area contributed by atoms with Gasteiger partial charge in [0.25, 0.3) is 0 Å². The lowest BCUT2D eigenvalue weighted by Crippen LogP contribution is -1.99. The lowest BCUT2D eigenvalue weighted by molar-refractivity contribution is 0.308. The molecule has 3 heteroatoms. The second-order valence-electron chi connectivity index (χ2n) is 3.81. The van der Waals surface area contributed by atoms with Gasteiger partial charge in [-0.15, -0.1) is 0 Å². The van der Waals surface area contributed by atoms with Crippen LogP contribution < -0.4 is 9.47 Å². The van der Waals surface area contributed by atoms with Gasteiger partial charge in [-0.05, 0) is 31.0 Å². The van der Waals surface area contributed by atoms with Crippen molar-refractivity contribution in [3.05, 3.63) is 23.8 Å². The van der Waals surface area contributed by atoms with Gasteiger partial charge in [0.1, 0.15) is 18.1 Å². The fourth-order valence-electron chi connectivity index (χ4n) is 1.39. The van der Waals surface area contributed by atoms with Crippen molar-refractivity contribution >= 4 is 0 Å². The first-order chi connectivity index (χ1) is 8.81. The lowest BCUT2D eigenvalue weighted by Gasteiger charge is -2.10. The van der Waals surface area contributed by atoms with E-state index < -0.39 is 0 Å². The molecule has 0 saturated carbocycles. The van der Waals surface area contributed by atoms with Crippen molar-refractivity contribution < 1.29 is 14.6 Å². The van der Waals surface area contributed by atoms with Gasteiger partial charge in [-0.2, -0.15) is 0 Å². The maximum Gasteiger partial charge on any atom is 0.135 e. The normalized spacial score (nSPS) is 9.50. The van der Waals surface area contributed by atoms with Crippen molar-refractivity contribution in [1.29, 1.82) is 0 Å². The summed E-state index contributed by atoms with van der Waals surface area (Å²) in [7, 11) is 0. The maximum atomic E-state index is 8.76. The summed E-state index contributed by atoms with van der Waals surface area (Å²) in [6.07, 6.45) is 1.91. The predicted molar refractivity (Wildman–Crippen MR) is 72.0 cm³/mol. The summed E-state index contributed by atoms with van der Waals surface area (Å²) in [6, 6.07) is 5.59. The summed E-state index contributed by atoms with van der Waals surface area (Å²) in [5.41, 5.74) is 0.756. The van der Waals surface area contributed by atoms with Crippen molar-refractivity contribution in [2.24, 2.45) is 0 Å². The van der Waals surface area contributed by atoms with E-state index in [1.807, 2.05) is 18.2 Å². The molecular formula is C15H20O3. The van der Waals surface area contributed by atoms with E-state index in [0.29, 0.717) is 13.2 Å². The Labute approximate surface area is 109 Å². The molecule has 0 saturated heterocycles. The minimum Gasteiger partial charge on any atom is -0.494 e. The van der Waals surface area contributed by atoms with Crippen LogP contribution in [0.25, 0.3) is 0 Å². The second kappa shape index (κ2) is 8.43. The Bertz CT molecular complexity index is 415. The Hall–Kier alpha value is -1.66. The summed E-state index contributed by atoms with van der Waals surface area (Å²) < 4.78 is 11.2. The first-order valence-corrected chi connectivity index (χ1v) is 6.31. The molecule has 0 unspecified atom stereocenters. The molecule has 98 valence electrons. The molecule has 0 radical (unpaired) electrons. The van der Waals surface area contributed by atoms with Crippen molar-refractivity contribution in [3.8, 4) is 23.3 Å². The first kappa shape index (κ1) is 14.4. The SMILES string of the molecule is CCCOc1ccc(OCCC)c(C#CCO)c1. The van der Waals surface area contributed by atoms with Crippen LogP contribution in [0, 0.1) is 11.8 Å². The van der Waals surface area contributed by atoms with Gasteiger partial charge >= 0.3 is 0 Å². The molecule has 1 aromatic rings. The Kier molecular flexibility index (Phi) is 6.75. The summed E-state index contributed by atoms with van der Waals surface area (Å²) in [4.78, 5) is 0. The highest BCUT2D eigenvalue weighted by Crippen LogP contribution is 2.24. The van der Waals surface area contributed by atoms with Gasteiger partial charge in [-0.3, -0.25) is 0 Å². The van der Waals surface area contributed by atoms with Gasteiger partial charge in [0.05, 0.1) is 18.8 Å². The van der Waals surface area contributed by atoms with E-state index >= 15 is 0 Å². The van der Waals surface area contributed by atoms with Crippen LogP contribution in [0.1, 0.15) is 32.3 Å². The minimum atomic E-state index is -0.159. The van der Waals surface area contributed by atoms with Crippen LogP contribution in [0.2, 0.25) is 0 Å². The van der Waals surface area contributed by atoms with E-state index in [2.05, 4.69) is 25.7 Å². The molecular weight excluding hydrogens is 228 g/mol. The highest BCUT2D eigenvalue weighted by molar-refractivity contribution is 5.50. The van der Waals surface area contributed by atoms with Gasteiger partial charge < -0.3 is 14.6 Å². The molecule has 0 atom stereocenters. The average molecular weight is 248 g/mol. The largest absolute Gasteiger partial charge is 0.494 e. The van der Waals surface area contributed by atoms with Crippen molar-refractivity contribution in [2.75, 3.05) is 19.8 Å². The zero-order valence-electron chi connectivity index (χ0n) is 11.0. The highest BCUT2D eigenvalue weighted by Gasteiger charge is 2.03. The number of benzene rings is 1. The summed E-state index contributed by atoms with van der Waals surface area (Å²) in [5.74, 6) is 7.04. The molecule has 0 aliphatic carbocycles. The topological polar surface area (TPSA) is 38.7 Å². The molecule has 3 nitrogen and oxygen atoms in total. The van der Waals surface area contributed by atoms with Crippen LogP contribution in [-0.4, -0.2) is 24.9 Å². The molecule has 0 bridgehead atoms. The molecule has 0 aliphatic heterocycles. The monoisotopic (exact) mass is 248 g/mol. The summed E-state index contributed by atoms with van der Waals surface area (Å²) in [5, 5.41) is 8.76. The Morgan fingerprint density at radius 2 is 1.83 bits per heavy atom. The summed E-state index contributed by atoms with van der Waals surface area (Å²) >= 11 is 0. The molecule has 0 spiro atoms. The number of aliphatic hydroxyl groups is 1. The molecule has 18 heavy (non-hydrogen) atoms. The molecule has 1 N–H and O–H groups in total. The number of hydrogen-bond donors (Lipinski definition) is 1. The standard InChI is InChI=1S/C15H20O3/c1-3-10-17-14-7-8-15(18-11-4-2)13(12-14)6-5-9-16/h7-8,12,16H,3-4,9-11H2,1-2H3. The third-order valence-electron chi connectivity index (χ3n) is 2.19. The maximum absolute atomic E-state index is 8.76. The minimum absolute atomic E-state index is 0.159. The van der Waals surface area contributed by atoms with Crippen molar-refractivity contribution in [2.45, 2.75) is 26.7 Å². The number of rotatable bonds is 6. The number of ether oxygens (including phenoxy) is 2. The number of aliphatic hydroxyl groups excluding tert-OH is 1. The second-order valence-corrected chi connectivity index (χ2v) is 3.81. The van der Waals surface area contributed by atoms with E-state index in [9.17, 15) is 0 Å². The van der Waals surface area contributed by atoms with Gasteiger partial charge in [-0.1, -0.05) is 25.7 Å². The third kappa shape index (κ3) is 4.68. The van der Waals surface area contributed by atoms with Crippen LogP contribution >= 0.6 is 0 Å². The number of hydrogen-bond acceptors (Lipinski definition) is 3. The molecule has 0 aromatic heterocycles. The van der Waals surface area contributed by atoms with E-state index in [1.165, 1.54) is 0 Å². The molecule has 1 aromatic carbocycles. The van der Waals surface area contributed by atoms with E-state index in [0.717, 1.165) is 29.9 Å². The zero-order chi connectivity index (χ0) is 13.2. The molecule has 0 amide bonds. The highest BCUT2D eigenvalue weighted by atomic mass is 16.5. The van der Waals surface area contributed by atoms with Crippen LogP contribution in [0.5, 0.6) is 11.5 Å². The van der Waals surface area contributed by atoms with Gasteiger partial charge in [-0.25, -0.2) is 0 Å². The van der Waals surface area contributed by atoms with Gasteiger partial charge in [0.15, 0.2) is 0 Å². The smallest absolute Gasteiger partial charge is 0.135 e. The average Bonchev–Trinajstić information content (AvgIpc) is 2.41. The van der Waals surface area contributed by atoms with Crippen LogP contribution in [0.15, 0.2) is 18.2 Å². The Balaban J connectivity index is 2.88. The Morgan fingerprint density at radius 3 is 2.50 bits per heavy atom. The zero-order valence-corrected chi connectivity index (χ0v) is 11.0.